The molecule has 1 rings (SSSR count). The van der Waals surface area contributed by atoms with Gasteiger partial charge in [0.2, 0.25) is 15.9 Å². The van der Waals surface area contributed by atoms with Gasteiger partial charge in [0.1, 0.15) is 0 Å². The summed E-state index contributed by atoms with van der Waals surface area (Å²) in [6, 6.07) is 5.93. The van der Waals surface area contributed by atoms with Crippen LogP contribution in [0.1, 0.15) is 13.8 Å². The van der Waals surface area contributed by atoms with E-state index in [-0.39, 0.29) is 10.8 Å². The molecule has 0 aromatic heterocycles. The minimum Gasteiger partial charge on any atom is -0.325 e. The molecule has 0 saturated carbocycles. The lowest BCUT2D eigenvalue weighted by molar-refractivity contribution is -0.120. The number of rotatable bonds is 4. The van der Waals surface area contributed by atoms with Crippen molar-refractivity contribution >= 4 is 21.6 Å². The van der Waals surface area contributed by atoms with Crippen molar-refractivity contribution < 1.29 is 13.2 Å². The van der Waals surface area contributed by atoms with Gasteiger partial charge in [-0.2, -0.15) is 0 Å². The molecule has 1 aromatic carbocycles. The number of carbonyl (C=O) groups is 1. The SMILES string of the molecule is CN(C)S(=O)(=O)c1ccc(NC(=O)C(C)(C)N)cc1. The third-order valence-corrected chi connectivity index (χ3v) is 4.31. The zero-order chi connectivity index (χ0) is 14.8. The van der Waals surface area contributed by atoms with E-state index < -0.39 is 15.6 Å². The van der Waals surface area contributed by atoms with Crippen LogP contribution in [0.5, 0.6) is 0 Å². The van der Waals surface area contributed by atoms with Crippen LogP contribution < -0.4 is 11.1 Å². The van der Waals surface area contributed by atoms with E-state index in [0.717, 1.165) is 4.31 Å². The van der Waals surface area contributed by atoms with Crippen LogP contribution >= 0.6 is 0 Å². The monoisotopic (exact) mass is 285 g/mol. The first-order valence-electron chi connectivity index (χ1n) is 5.68. The van der Waals surface area contributed by atoms with Gasteiger partial charge < -0.3 is 11.1 Å². The molecule has 1 amide bonds. The Hall–Kier alpha value is -1.44. The lowest BCUT2D eigenvalue weighted by atomic mass is 10.1. The summed E-state index contributed by atoms with van der Waals surface area (Å²) in [6.07, 6.45) is 0. The van der Waals surface area contributed by atoms with Gasteiger partial charge in [-0.15, -0.1) is 0 Å². The smallest absolute Gasteiger partial charge is 0.243 e. The molecule has 106 valence electrons. The third-order valence-electron chi connectivity index (χ3n) is 2.48. The highest BCUT2D eigenvalue weighted by atomic mass is 32.2. The van der Waals surface area contributed by atoms with Gasteiger partial charge in [-0.05, 0) is 38.1 Å². The molecule has 0 saturated heterocycles. The van der Waals surface area contributed by atoms with Crippen LogP contribution in [-0.2, 0) is 14.8 Å². The summed E-state index contributed by atoms with van der Waals surface area (Å²) in [6.45, 7) is 3.18. The van der Waals surface area contributed by atoms with Crippen molar-refractivity contribution in [1.82, 2.24) is 4.31 Å². The molecule has 3 N–H and O–H groups in total. The molecule has 0 aliphatic rings. The van der Waals surface area contributed by atoms with Crippen LogP contribution in [0.4, 0.5) is 5.69 Å². The fraction of sp³-hybridized carbons (Fsp3) is 0.417. The molecule has 1 aromatic rings. The number of nitrogens with one attached hydrogen (secondary N) is 1. The Balaban J connectivity index is 2.93. The average Bonchev–Trinajstić information content (AvgIpc) is 2.28. The molecular formula is C12H19N3O3S. The summed E-state index contributed by atoms with van der Waals surface area (Å²) in [7, 11) is -0.534. The van der Waals surface area contributed by atoms with Gasteiger partial charge in [-0.1, -0.05) is 0 Å². The van der Waals surface area contributed by atoms with Crippen molar-refractivity contribution in [3.8, 4) is 0 Å². The Labute approximate surface area is 113 Å². The van der Waals surface area contributed by atoms with Crippen molar-refractivity contribution in [2.75, 3.05) is 19.4 Å². The van der Waals surface area contributed by atoms with Gasteiger partial charge in [0.05, 0.1) is 10.4 Å². The van der Waals surface area contributed by atoms with Crippen molar-refractivity contribution in [3.05, 3.63) is 24.3 Å². The molecule has 6 nitrogen and oxygen atoms in total. The van der Waals surface area contributed by atoms with Crippen LogP contribution in [-0.4, -0.2) is 38.3 Å². The average molecular weight is 285 g/mol. The molecule has 0 unspecified atom stereocenters. The second-order valence-electron chi connectivity index (χ2n) is 4.99. The van der Waals surface area contributed by atoms with Crippen molar-refractivity contribution in [2.45, 2.75) is 24.3 Å². The number of hydrogen-bond donors (Lipinski definition) is 2. The van der Waals surface area contributed by atoms with E-state index in [1.807, 2.05) is 0 Å². The van der Waals surface area contributed by atoms with Crippen molar-refractivity contribution in [2.24, 2.45) is 5.73 Å². The fourth-order valence-electron chi connectivity index (χ4n) is 1.21. The maximum atomic E-state index is 11.8. The minimum atomic E-state index is -3.45. The van der Waals surface area contributed by atoms with Crippen molar-refractivity contribution in [1.29, 1.82) is 0 Å². The number of sulfonamides is 1. The summed E-state index contributed by atoms with van der Waals surface area (Å²) >= 11 is 0. The number of nitrogens with two attached hydrogens (primary N) is 1. The lowest BCUT2D eigenvalue weighted by Gasteiger charge is -2.18. The Kier molecular flexibility index (Phi) is 4.34. The van der Waals surface area contributed by atoms with E-state index >= 15 is 0 Å². The Morgan fingerprint density at radius 1 is 1.21 bits per heavy atom. The van der Waals surface area contributed by atoms with Gasteiger partial charge >= 0.3 is 0 Å². The van der Waals surface area contributed by atoms with Crippen LogP contribution in [0.25, 0.3) is 0 Å². The molecule has 0 fully saturated rings. The maximum Gasteiger partial charge on any atom is 0.243 e. The molecular weight excluding hydrogens is 266 g/mol. The van der Waals surface area contributed by atoms with Crippen LogP contribution in [0.15, 0.2) is 29.2 Å². The molecule has 0 aliphatic heterocycles. The zero-order valence-electron chi connectivity index (χ0n) is 11.5. The Morgan fingerprint density at radius 2 is 1.68 bits per heavy atom. The van der Waals surface area contributed by atoms with Crippen LogP contribution in [0, 0.1) is 0 Å². The first-order valence-corrected chi connectivity index (χ1v) is 7.12. The summed E-state index contributed by atoms with van der Waals surface area (Å²) in [4.78, 5) is 11.8. The molecule has 7 heteroatoms. The summed E-state index contributed by atoms with van der Waals surface area (Å²) in [5.41, 5.74) is 5.16. The predicted molar refractivity (Wildman–Crippen MR) is 74.2 cm³/mol. The predicted octanol–water partition coefficient (Wildman–Crippen LogP) is 0.613. The summed E-state index contributed by atoms with van der Waals surface area (Å²) in [5.74, 6) is -0.337. The maximum absolute atomic E-state index is 11.8. The molecule has 0 radical (unpaired) electrons. The van der Waals surface area contributed by atoms with Gasteiger partial charge in [-0.3, -0.25) is 4.79 Å². The summed E-state index contributed by atoms with van der Waals surface area (Å²) in [5, 5.41) is 2.62. The second kappa shape index (κ2) is 5.28. The van der Waals surface area contributed by atoms with Crippen LogP contribution in [0.2, 0.25) is 0 Å². The van der Waals surface area contributed by atoms with Crippen LogP contribution in [0.3, 0.4) is 0 Å². The lowest BCUT2D eigenvalue weighted by Crippen LogP contribution is -2.45. The second-order valence-corrected chi connectivity index (χ2v) is 7.14. The van der Waals surface area contributed by atoms with E-state index in [2.05, 4.69) is 5.32 Å². The fourth-order valence-corrected chi connectivity index (χ4v) is 2.11. The van der Waals surface area contributed by atoms with E-state index in [4.69, 9.17) is 5.73 Å². The van der Waals surface area contributed by atoms with Gasteiger partial charge in [0, 0.05) is 19.8 Å². The van der Waals surface area contributed by atoms with Crippen molar-refractivity contribution in [3.63, 3.8) is 0 Å². The largest absolute Gasteiger partial charge is 0.325 e. The number of benzene rings is 1. The first kappa shape index (κ1) is 15.6. The normalized spacial score (nSPS) is 12.5. The quantitative estimate of drug-likeness (QED) is 0.848. The Bertz CT molecular complexity index is 557. The summed E-state index contributed by atoms with van der Waals surface area (Å²) < 4.78 is 24.8. The standard InChI is InChI=1S/C12H19N3O3S/c1-12(2,13)11(16)14-9-5-7-10(8-6-9)19(17,18)15(3)4/h5-8H,13H2,1-4H3,(H,14,16). The highest BCUT2D eigenvalue weighted by Crippen LogP contribution is 2.17. The van der Waals surface area contributed by atoms with Gasteiger partial charge in [0.25, 0.3) is 0 Å². The van der Waals surface area contributed by atoms with Gasteiger partial charge in [0.15, 0.2) is 0 Å². The Morgan fingerprint density at radius 3 is 2.05 bits per heavy atom. The minimum absolute atomic E-state index is 0.169. The first-order chi connectivity index (χ1) is 8.55. The zero-order valence-corrected chi connectivity index (χ0v) is 12.3. The topological polar surface area (TPSA) is 92.5 Å². The number of amides is 1. The highest BCUT2D eigenvalue weighted by molar-refractivity contribution is 7.89. The number of hydrogen-bond acceptors (Lipinski definition) is 4. The number of anilines is 1. The molecule has 0 aliphatic carbocycles. The van der Waals surface area contributed by atoms with E-state index in [1.165, 1.54) is 38.4 Å². The number of carbonyl (C=O) groups excluding carboxylic acids is 1. The van der Waals surface area contributed by atoms with Gasteiger partial charge in [-0.25, -0.2) is 12.7 Å². The molecule has 0 spiro atoms. The van der Waals surface area contributed by atoms with E-state index in [9.17, 15) is 13.2 Å². The molecule has 0 bridgehead atoms. The highest BCUT2D eigenvalue weighted by Gasteiger charge is 2.22. The molecule has 0 atom stereocenters. The third kappa shape index (κ3) is 3.76. The molecule has 19 heavy (non-hydrogen) atoms. The van der Waals surface area contributed by atoms with E-state index in [1.54, 1.807) is 13.8 Å². The van der Waals surface area contributed by atoms with E-state index in [0.29, 0.717) is 5.69 Å². The molecule has 0 heterocycles. The number of nitrogens with zero attached hydrogens (tertiary/aromatic N) is 1.